The van der Waals surface area contributed by atoms with Gasteiger partial charge in [0.25, 0.3) is 5.91 Å². The zero-order valence-electron chi connectivity index (χ0n) is 20.3. The van der Waals surface area contributed by atoms with Crippen molar-refractivity contribution in [1.29, 1.82) is 0 Å². The van der Waals surface area contributed by atoms with Crippen LogP contribution in [0.25, 0.3) is 0 Å². The molecule has 0 bridgehead atoms. The molecule has 3 amide bonds. The van der Waals surface area contributed by atoms with E-state index in [9.17, 15) is 14.4 Å². The Kier molecular flexibility index (Phi) is 9.16. The number of anilines is 2. The van der Waals surface area contributed by atoms with Crippen LogP contribution in [0.15, 0.2) is 71.8 Å². The number of rotatable bonds is 9. The summed E-state index contributed by atoms with van der Waals surface area (Å²) in [4.78, 5) is 36.4. The summed E-state index contributed by atoms with van der Waals surface area (Å²) in [5.74, 6) is -1.09. The minimum Gasteiger partial charge on any atom is -0.492 e. The molecule has 0 radical (unpaired) electrons. The van der Waals surface area contributed by atoms with Gasteiger partial charge < -0.3 is 20.1 Å². The average molecular weight is 489 g/mol. The van der Waals surface area contributed by atoms with Crippen molar-refractivity contribution in [1.82, 2.24) is 5.43 Å². The number of aryl methyl sites for hydroxylation is 2. The molecule has 186 valence electrons. The Morgan fingerprint density at radius 3 is 2.22 bits per heavy atom. The number of carbonyl (C=O) groups is 3. The molecule has 0 spiro atoms. The highest BCUT2D eigenvalue weighted by Crippen LogP contribution is 2.23. The third-order valence-corrected chi connectivity index (χ3v) is 5.02. The summed E-state index contributed by atoms with van der Waals surface area (Å²) in [5.41, 5.74) is 5.97. The zero-order chi connectivity index (χ0) is 25.9. The highest BCUT2D eigenvalue weighted by Gasteiger charge is 2.15. The van der Waals surface area contributed by atoms with Crippen molar-refractivity contribution in [2.24, 2.45) is 5.10 Å². The third-order valence-electron chi connectivity index (χ3n) is 5.02. The van der Waals surface area contributed by atoms with Crippen LogP contribution < -0.4 is 25.5 Å². The van der Waals surface area contributed by atoms with Crippen molar-refractivity contribution in [3.05, 3.63) is 83.4 Å². The summed E-state index contributed by atoms with van der Waals surface area (Å²) < 4.78 is 11.0. The number of nitrogens with one attached hydrogen (secondary N) is 3. The first-order valence-electron chi connectivity index (χ1n) is 11.3. The maximum absolute atomic E-state index is 12.2. The highest BCUT2D eigenvalue weighted by atomic mass is 16.5. The monoisotopic (exact) mass is 488 g/mol. The molecular formula is C27H28N4O5. The Labute approximate surface area is 209 Å². The number of carbonyl (C=O) groups excluding carboxylic acids is 3. The van der Waals surface area contributed by atoms with Gasteiger partial charge in [-0.2, -0.15) is 5.10 Å². The van der Waals surface area contributed by atoms with Gasteiger partial charge in [0.1, 0.15) is 11.5 Å². The third kappa shape index (κ3) is 7.42. The summed E-state index contributed by atoms with van der Waals surface area (Å²) >= 11 is 0. The van der Waals surface area contributed by atoms with Crippen molar-refractivity contribution in [2.75, 3.05) is 23.8 Å². The standard InChI is InChI=1S/C27H28N4O5/c1-4-35-23-11-6-5-10-22(23)29-26(33)27(34)31-28-16-20-12-14-21(15-13-20)36-17-24(32)30-25-18(2)8-7-9-19(25)3/h5-16H,4,17H2,1-3H3,(H,29,33)(H,30,32)(H,31,34)/b28-16-. The maximum Gasteiger partial charge on any atom is 0.329 e. The lowest BCUT2D eigenvalue weighted by molar-refractivity contribution is -0.136. The van der Waals surface area contributed by atoms with E-state index in [2.05, 4.69) is 21.2 Å². The normalized spacial score (nSPS) is 10.5. The largest absolute Gasteiger partial charge is 0.492 e. The Morgan fingerprint density at radius 1 is 0.833 bits per heavy atom. The van der Waals surface area contributed by atoms with Gasteiger partial charge in [0.15, 0.2) is 6.61 Å². The van der Waals surface area contributed by atoms with E-state index < -0.39 is 11.8 Å². The number of nitrogens with zero attached hydrogens (tertiary/aromatic N) is 1. The molecule has 0 saturated carbocycles. The minimum atomic E-state index is -0.924. The molecule has 0 aliphatic heterocycles. The first-order chi connectivity index (χ1) is 17.4. The lowest BCUT2D eigenvalue weighted by Gasteiger charge is -2.12. The van der Waals surface area contributed by atoms with E-state index in [1.54, 1.807) is 48.5 Å². The summed E-state index contributed by atoms with van der Waals surface area (Å²) in [6.45, 7) is 5.97. The van der Waals surface area contributed by atoms with E-state index in [-0.39, 0.29) is 12.5 Å². The fraction of sp³-hybridized carbons (Fsp3) is 0.185. The van der Waals surface area contributed by atoms with Crippen molar-refractivity contribution in [3.8, 4) is 11.5 Å². The summed E-state index contributed by atoms with van der Waals surface area (Å²) in [6.07, 6.45) is 1.39. The van der Waals surface area contributed by atoms with Crippen LogP contribution in [-0.2, 0) is 14.4 Å². The number of hydrazone groups is 1. The van der Waals surface area contributed by atoms with Crippen molar-refractivity contribution < 1.29 is 23.9 Å². The number of para-hydroxylation sites is 3. The number of hydrogen-bond donors (Lipinski definition) is 3. The van der Waals surface area contributed by atoms with Gasteiger partial charge >= 0.3 is 11.8 Å². The zero-order valence-corrected chi connectivity index (χ0v) is 20.3. The predicted octanol–water partition coefficient (Wildman–Crippen LogP) is 3.81. The lowest BCUT2D eigenvalue weighted by Crippen LogP contribution is -2.32. The molecule has 3 N–H and O–H groups in total. The van der Waals surface area contributed by atoms with Crippen LogP contribution in [0.2, 0.25) is 0 Å². The van der Waals surface area contributed by atoms with Crippen LogP contribution >= 0.6 is 0 Å². The SMILES string of the molecule is CCOc1ccccc1NC(=O)C(=O)N/N=C\c1ccc(OCC(=O)Nc2c(C)cccc2C)cc1. The smallest absolute Gasteiger partial charge is 0.329 e. The van der Waals surface area contributed by atoms with E-state index in [0.29, 0.717) is 29.4 Å². The van der Waals surface area contributed by atoms with Crippen molar-refractivity contribution in [3.63, 3.8) is 0 Å². The minimum absolute atomic E-state index is 0.140. The second-order valence-electron chi connectivity index (χ2n) is 7.76. The Balaban J connectivity index is 1.46. The van der Waals surface area contributed by atoms with E-state index in [1.165, 1.54) is 6.21 Å². The van der Waals surface area contributed by atoms with Gasteiger partial charge in [0, 0.05) is 5.69 Å². The molecule has 0 aromatic heterocycles. The number of benzene rings is 3. The highest BCUT2D eigenvalue weighted by molar-refractivity contribution is 6.39. The average Bonchev–Trinajstić information content (AvgIpc) is 2.87. The van der Waals surface area contributed by atoms with E-state index in [4.69, 9.17) is 9.47 Å². The molecule has 3 rings (SSSR count). The second kappa shape index (κ2) is 12.7. The van der Waals surface area contributed by atoms with Crippen LogP contribution in [0.4, 0.5) is 11.4 Å². The topological polar surface area (TPSA) is 118 Å². The molecule has 0 heterocycles. The molecule has 9 heteroatoms. The number of amides is 3. The second-order valence-corrected chi connectivity index (χ2v) is 7.76. The fourth-order valence-corrected chi connectivity index (χ4v) is 3.23. The molecule has 0 atom stereocenters. The summed E-state index contributed by atoms with van der Waals surface area (Å²) in [6, 6.07) is 19.4. The molecule has 0 aliphatic rings. The summed E-state index contributed by atoms with van der Waals surface area (Å²) in [5, 5.41) is 9.17. The van der Waals surface area contributed by atoms with Gasteiger partial charge in [-0.05, 0) is 73.9 Å². The molecule has 0 unspecified atom stereocenters. The van der Waals surface area contributed by atoms with Gasteiger partial charge in [-0.3, -0.25) is 14.4 Å². The van der Waals surface area contributed by atoms with Crippen LogP contribution in [-0.4, -0.2) is 37.1 Å². The van der Waals surface area contributed by atoms with Crippen molar-refractivity contribution >= 4 is 35.3 Å². The van der Waals surface area contributed by atoms with Crippen LogP contribution in [0.5, 0.6) is 11.5 Å². The molecule has 3 aromatic rings. The Morgan fingerprint density at radius 2 is 1.53 bits per heavy atom. The van der Waals surface area contributed by atoms with Gasteiger partial charge in [-0.1, -0.05) is 30.3 Å². The van der Waals surface area contributed by atoms with Crippen LogP contribution in [0.3, 0.4) is 0 Å². The molecule has 36 heavy (non-hydrogen) atoms. The molecule has 0 aliphatic carbocycles. The summed E-state index contributed by atoms with van der Waals surface area (Å²) in [7, 11) is 0. The van der Waals surface area contributed by atoms with E-state index in [1.807, 2.05) is 39.0 Å². The van der Waals surface area contributed by atoms with Gasteiger partial charge in [-0.25, -0.2) is 5.43 Å². The number of hydrogen-bond acceptors (Lipinski definition) is 6. The molecule has 0 saturated heterocycles. The maximum atomic E-state index is 12.2. The first-order valence-corrected chi connectivity index (χ1v) is 11.3. The van der Waals surface area contributed by atoms with Crippen LogP contribution in [0, 0.1) is 13.8 Å². The quantitative estimate of drug-likeness (QED) is 0.241. The van der Waals surface area contributed by atoms with Crippen molar-refractivity contribution in [2.45, 2.75) is 20.8 Å². The fourth-order valence-electron chi connectivity index (χ4n) is 3.23. The predicted molar refractivity (Wildman–Crippen MR) is 138 cm³/mol. The van der Waals surface area contributed by atoms with Crippen LogP contribution in [0.1, 0.15) is 23.6 Å². The van der Waals surface area contributed by atoms with Gasteiger partial charge in [-0.15, -0.1) is 0 Å². The Bertz CT molecular complexity index is 1240. The molecule has 3 aromatic carbocycles. The van der Waals surface area contributed by atoms with E-state index >= 15 is 0 Å². The van der Waals surface area contributed by atoms with Gasteiger partial charge in [0.2, 0.25) is 0 Å². The molecule has 0 fully saturated rings. The first kappa shape index (κ1) is 26.0. The lowest BCUT2D eigenvalue weighted by atomic mass is 10.1. The number of ether oxygens (including phenoxy) is 2. The molecule has 9 nitrogen and oxygen atoms in total. The molecular weight excluding hydrogens is 460 g/mol. The van der Waals surface area contributed by atoms with Gasteiger partial charge in [0.05, 0.1) is 18.5 Å². The Hall–Kier alpha value is -4.66. The van der Waals surface area contributed by atoms with E-state index in [0.717, 1.165) is 16.8 Å².